The third kappa shape index (κ3) is 3.80. The van der Waals surface area contributed by atoms with Gasteiger partial charge in [-0.15, -0.1) is 0 Å². The molecule has 1 aliphatic carbocycles. The number of carbonyl (C=O) groups excluding carboxylic acids is 1. The summed E-state index contributed by atoms with van der Waals surface area (Å²) in [6.07, 6.45) is 7.59. The molecule has 1 saturated heterocycles. The topological polar surface area (TPSA) is 38.3 Å². The number of esters is 1. The van der Waals surface area contributed by atoms with E-state index >= 15 is 0 Å². The first-order valence-corrected chi connectivity index (χ1v) is 8.94. The predicted octanol–water partition coefficient (Wildman–Crippen LogP) is 3.91. The van der Waals surface area contributed by atoms with Crippen LogP contribution in [0.25, 0.3) is 0 Å². The van der Waals surface area contributed by atoms with Gasteiger partial charge in [-0.1, -0.05) is 40.5 Å². The van der Waals surface area contributed by atoms with E-state index in [0.717, 1.165) is 38.6 Å². The zero-order valence-electron chi connectivity index (χ0n) is 14.3. The van der Waals surface area contributed by atoms with Gasteiger partial charge in [0.1, 0.15) is 11.6 Å². The molecule has 0 aromatic carbocycles. The largest absolute Gasteiger partial charge is 0.461 e. The minimum Gasteiger partial charge on any atom is -0.461 e. The average Bonchev–Trinajstić information content (AvgIpc) is 2.88. The number of hydrogen-bond donors (Lipinski definition) is 1. The van der Waals surface area contributed by atoms with Crippen molar-refractivity contribution in [1.29, 1.82) is 0 Å². The smallest absolute Gasteiger partial charge is 0.326 e. The highest BCUT2D eigenvalue weighted by Crippen LogP contribution is 2.37. The molecule has 0 aromatic rings. The quantitative estimate of drug-likeness (QED) is 0.781. The molecule has 1 N–H and O–H groups in total. The van der Waals surface area contributed by atoms with Crippen LogP contribution in [0.1, 0.15) is 72.6 Å². The molecule has 1 saturated carbocycles. The Bertz CT molecular complexity index is 347. The Morgan fingerprint density at radius 2 is 2.14 bits per heavy atom. The summed E-state index contributed by atoms with van der Waals surface area (Å²) >= 11 is 0. The molecule has 3 nitrogen and oxygen atoms in total. The zero-order valence-corrected chi connectivity index (χ0v) is 14.3. The van der Waals surface area contributed by atoms with E-state index in [1.165, 1.54) is 12.8 Å². The standard InChI is InChI=1S/C18H33NO2/c1-5-9-18(10-6-11-19-18)17(20)21-16-12-14(4)7-8-15(16)13(2)3/h13-16,19H,5-12H2,1-4H3. The summed E-state index contributed by atoms with van der Waals surface area (Å²) in [6, 6.07) is 0. The van der Waals surface area contributed by atoms with Gasteiger partial charge in [-0.2, -0.15) is 0 Å². The molecule has 1 heterocycles. The van der Waals surface area contributed by atoms with Gasteiger partial charge in [0.15, 0.2) is 0 Å². The molecule has 4 unspecified atom stereocenters. The van der Waals surface area contributed by atoms with Crippen molar-refractivity contribution < 1.29 is 9.53 Å². The number of carbonyl (C=O) groups is 1. The van der Waals surface area contributed by atoms with E-state index in [2.05, 4.69) is 33.0 Å². The van der Waals surface area contributed by atoms with Crippen LogP contribution in [0.15, 0.2) is 0 Å². The first-order valence-electron chi connectivity index (χ1n) is 8.94. The molecule has 1 aliphatic heterocycles. The van der Waals surface area contributed by atoms with Crippen LogP contribution >= 0.6 is 0 Å². The van der Waals surface area contributed by atoms with Crippen molar-refractivity contribution >= 4 is 5.97 Å². The number of nitrogens with one attached hydrogen (secondary N) is 1. The second-order valence-corrected chi connectivity index (χ2v) is 7.63. The second-order valence-electron chi connectivity index (χ2n) is 7.63. The molecular formula is C18H33NO2. The lowest BCUT2D eigenvalue weighted by atomic mass is 9.75. The summed E-state index contributed by atoms with van der Waals surface area (Å²) in [5.74, 6) is 1.82. The molecule has 0 spiro atoms. The highest BCUT2D eigenvalue weighted by Gasteiger charge is 2.44. The molecule has 0 radical (unpaired) electrons. The van der Waals surface area contributed by atoms with Gasteiger partial charge >= 0.3 is 5.97 Å². The fourth-order valence-electron chi connectivity index (χ4n) is 4.22. The molecular weight excluding hydrogens is 262 g/mol. The van der Waals surface area contributed by atoms with Crippen LogP contribution in [0.5, 0.6) is 0 Å². The maximum atomic E-state index is 12.8. The highest BCUT2D eigenvalue weighted by molar-refractivity contribution is 5.81. The van der Waals surface area contributed by atoms with E-state index in [-0.39, 0.29) is 12.1 Å². The molecule has 2 aliphatic rings. The van der Waals surface area contributed by atoms with Crippen molar-refractivity contribution in [3.8, 4) is 0 Å². The number of ether oxygens (including phenoxy) is 1. The summed E-state index contributed by atoms with van der Waals surface area (Å²) in [4.78, 5) is 12.8. The Morgan fingerprint density at radius 3 is 2.71 bits per heavy atom. The lowest BCUT2D eigenvalue weighted by Crippen LogP contribution is -2.51. The predicted molar refractivity (Wildman–Crippen MR) is 86.1 cm³/mol. The van der Waals surface area contributed by atoms with Gasteiger partial charge in [-0.3, -0.25) is 4.79 Å². The maximum absolute atomic E-state index is 12.8. The lowest BCUT2D eigenvalue weighted by molar-refractivity contribution is -0.164. The fraction of sp³-hybridized carbons (Fsp3) is 0.944. The molecule has 0 aromatic heterocycles. The van der Waals surface area contributed by atoms with Crippen molar-refractivity contribution in [3.63, 3.8) is 0 Å². The van der Waals surface area contributed by atoms with Crippen molar-refractivity contribution in [2.45, 2.75) is 84.3 Å². The van der Waals surface area contributed by atoms with Crippen LogP contribution in [-0.4, -0.2) is 24.2 Å². The molecule has 21 heavy (non-hydrogen) atoms. The molecule has 3 heteroatoms. The van der Waals surface area contributed by atoms with Gasteiger partial charge in [-0.25, -0.2) is 0 Å². The molecule has 0 amide bonds. The van der Waals surface area contributed by atoms with Gasteiger partial charge in [0.25, 0.3) is 0 Å². The summed E-state index contributed by atoms with van der Waals surface area (Å²) in [7, 11) is 0. The van der Waals surface area contributed by atoms with E-state index in [9.17, 15) is 4.79 Å². The first-order chi connectivity index (χ1) is 9.98. The minimum atomic E-state index is -0.392. The van der Waals surface area contributed by atoms with Crippen LogP contribution in [0.2, 0.25) is 0 Å². The number of rotatable bonds is 5. The molecule has 4 atom stereocenters. The maximum Gasteiger partial charge on any atom is 0.326 e. The van der Waals surface area contributed by atoms with Crippen molar-refractivity contribution in [2.24, 2.45) is 17.8 Å². The Labute approximate surface area is 130 Å². The first kappa shape index (κ1) is 16.8. The molecule has 2 fully saturated rings. The van der Waals surface area contributed by atoms with Gasteiger partial charge in [0.05, 0.1) is 0 Å². The van der Waals surface area contributed by atoms with E-state index in [1.54, 1.807) is 0 Å². The van der Waals surface area contributed by atoms with E-state index < -0.39 is 5.54 Å². The van der Waals surface area contributed by atoms with Crippen molar-refractivity contribution in [1.82, 2.24) is 5.32 Å². The van der Waals surface area contributed by atoms with E-state index in [1.807, 2.05) is 0 Å². The van der Waals surface area contributed by atoms with Gasteiger partial charge in [0.2, 0.25) is 0 Å². The van der Waals surface area contributed by atoms with E-state index in [0.29, 0.717) is 17.8 Å². The molecule has 122 valence electrons. The van der Waals surface area contributed by atoms with Crippen LogP contribution in [0.4, 0.5) is 0 Å². The Kier molecular flexibility index (Phi) is 5.70. The van der Waals surface area contributed by atoms with Gasteiger partial charge in [0, 0.05) is 0 Å². The van der Waals surface area contributed by atoms with Crippen LogP contribution < -0.4 is 5.32 Å². The second kappa shape index (κ2) is 7.13. The van der Waals surface area contributed by atoms with Gasteiger partial charge < -0.3 is 10.1 Å². The summed E-state index contributed by atoms with van der Waals surface area (Å²) in [5, 5.41) is 3.44. The highest BCUT2D eigenvalue weighted by atomic mass is 16.5. The van der Waals surface area contributed by atoms with Crippen LogP contribution in [0.3, 0.4) is 0 Å². The Hall–Kier alpha value is -0.570. The Balaban J connectivity index is 2.04. The van der Waals surface area contributed by atoms with Crippen LogP contribution in [0, 0.1) is 17.8 Å². The summed E-state index contributed by atoms with van der Waals surface area (Å²) in [6.45, 7) is 9.90. The monoisotopic (exact) mass is 295 g/mol. The minimum absolute atomic E-state index is 0.0200. The fourth-order valence-corrected chi connectivity index (χ4v) is 4.22. The average molecular weight is 295 g/mol. The van der Waals surface area contributed by atoms with Gasteiger partial charge in [-0.05, 0) is 56.4 Å². The SMILES string of the molecule is CCCC1(C(=O)OC2CC(C)CCC2C(C)C)CCCN1. The van der Waals surface area contributed by atoms with Crippen LogP contribution in [-0.2, 0) is 9.53 Å². The van der Waals surface area contributed by atoms with Crippen molar-refractivity contribution in [2.75, 3.05) is 6.54 Å². The number of hydrogen-bond acceptors (Lipinski definition) is 3. The summed E-state index contributed by atoms with van der Waals surface area (Å²) < 4.78 is 6.07. The lowest BCUT2D eigenvalue weighted by Gasteiger charge is -2.39. The third-order valence-corrected chi connectivity index (χ3v) is 5.53. The van der Waals surface area contributed by atoms with Crippen molar-refractivity contribution in [3.05, 3.63) is 0 Å². The zero-order chi connectivity index (χ0) is 15.5. The normalized spacial score (nSPS) is 36.9. The van der Waals surface area contributed by atoms with E-state index in [4.69, 9.17) is 4.74 Å². The summed E-state index contributed by atoms with van der Waals surface area (Å²) in [5.41, 5.74) is -0.392. The molecule has 2 rings (SSSR count). The third-order valence-electron chi connectivity index (χ3n) is 5.53. The molecule has 0 bridgehead atoms. The Morgan fingerprint density at radius 1 is 1.38 bits per heavy atom.